The van der Waals surface area contributed by atoms with Gasteiger partial charge in [-0.1, -0.05) is 175 Å². The van der Waals surface area contributed by atoms with E-state index in [4.69, 9.17) is 28.4 Å². The highest BCUT2D eigenvalue weighted by Crippen LogP contribution is 2.16. The fourth-order valence-electron chi connectivity index (χ4n) is 8.38. The highest BCUT2D eigenvalue weighted by Gasteiger charge is 2.13. The Balaban J connectivity index is 4.07. The largest absolute Gasteiger partial charge is 0.466 e. The van der Waals surface area contributed by atoms with Crippen LogP contribution in [0.3, 0.4) is 0 Å². The number of aliphatic hydroxyl groups excluding tert-OH is 1. The summed E-state index contributed by atoms with van der Waals surface area (Å²) >= 11 is 0. The molecule has 1 unspecified atom stereocenters. The Morgan fingerprint density at radius 1 is 0.343 bits per heavy atom. The summed E-state index contributed by atoms with van der Waals surface area (Å²) in [7, 11) is 0. The van der Waals surface area contributed by atoms with E-state index in [0.717, 1.165) is 155 Å². The van der Waals surface area contributed by atoms with Gasteiger partial charge in [0.15, 0.2) is 12.6 Å². The second kappa shape index (κ2) is 55.6. The fourth-order valence-corrected chi connectivity index (χ4v) is 8.38. The predicted octanol–water partition coefficient (Wildman–Crippen LogP) is 15.4. The molecule has 0 aliphatic heterocycles. The van der Waals surface area contributed by atoms with Gasteiger partial charge in [0.05, 0.1) is 19.8 Å². The van der Waals surface area contributed by atoms with Crippen molar-refractivity contribution in [1.29, 1.82) is 0 Å². The van der Waals surface area contributed by atoms with Crippen LogP contribution in [-0.2, 0) is 38.0 Å². The predicted molar refractivity (Wildman–Crippen MR) is 280 cm³/mol. The number of ether oxygens (including phenoxy) is 6. The molecule has 1 atom stereocenters. The van der Waals surface area contributed by atoms with Crippen LogP contribution in [0.25, 0.3) is 0 Å². The van der Waals surface area contributed by atoms with Crippen molar-refractivity contribution in [3.8, 4) is 0 Å². The standard InChI is InChI=1S/C57H113NO9/c1-5-9-13-17-23-37-51-65-56(64-50-36-22-16-12-8-4)42-30-28-40-54(60)62-48-34-26-20-32-44-58(46-47-59)45-33-21-27-35-49-63-55(61)41-29-31-43-57(66-52-38-24-18-14-10-6-2)67-53-39-25-19-15-11-7-3/h56-57,59H,5-53H2,1-4H3. The molecule has 0 bridgehead atoms. The normalized spacial score (nSPS) is 12.2. The lowest BCUT2D eigenvalue weighted by Gasteiger charge is -2.21. The third kappa shape index (κ3) is 50.9. The van der Waals surface area contributed by atoms with Crippen LogP contribution < -0.4 is 0 Å². The van der Waals surface area contributed by atoms with Crippen molar-refractivity contribution >= 4 is 11.9 Å². The monoisotopic (exact) mass is 956 g/mol. The minimum absolute atomic E-state index is 0.0988. The zero-order chi connectivity index (χ0) is 48.8. The third-order valence-corrected chi connectivity index (χ3v) is 12.8. The molecule has 10 nitrogen and oxygen atoms in total. The van der Waals surface area contributed by atoms with E-state index in [1.165, 1.54) is 122 Å². The number of nitrogens with zero attached hydrogens (tertiary/aromatic N) is 1. The summed E-state index contributed by atoms with van der Waals surface area (Å²) in [4.78, 5) is 27.2. The summed E-state index contributed by atoms with van der Waals surface area (Å²) in [6.07, 6.45) is 42.4. The van der Waals surface area contributed by atoms with E-state index >= 15 is 0 Å². The highest BCUT2D eigenvalue weighted by atomic mass is 16.7. The van der Waals surface area contributed by atoms with E-state index in [-0.39, 0.29) is 31.1 Å². The molecule has 0 spiro atoms. The Hall–Kier alpha value is -1.30. The first-order valence-electron chi connectivity index (χ1n) is 29.1. The SMILES string of the molecule is CCCCCCCCOC(CCCCC(=O)OCCCCCCN(CCO)CCCCCCOC(=O)CCCCC(OCCCCCCCC)OCCCCCCCC)OCCCCCCC. The zero-order valence-electron chi connectivity index (χ0n) is 45.0. The van der Waals surface area contributed by atoms with E-state index in [0.29, 0.717) is 32.6 Å². The van der Waals surface area contributed by atoms with Gasteiger partial charge in [-0.05, 0) is 103 Å². The van der Waals surface area contributed by atoms with Gasteiger partial charge in [0, 0.05) is 45.8 Å². The van der Waals surface area contributed by atoms with Crippen molar-refractivity contribution in [1.82, 2.24) is 4.90 Å². The first kappa shape index (κ1) is 65.7. The van der Waals surface area contributed by atoms with Gasteiger partial charge in [-0.2, -0.15) is 0 Å². The Bertz CT molecular complexity index is 969. The molecule has 0 aromatic carbocycles. The molecule has 0 fully saturated rings. The molecule has 0 saturated carbocycles. The molecule has 10 heteroatoms. The maximum absolute atomic E-state index is 12.4. The van der Waals surface area contributed by atoms with Gasteiger partial charge in [0.1, 0.15) is 0 Å². The first-order chi connectivity index (χ1) is 33.0. The van der Waals surface area contributed by atoms with E-state index in [1.54, 1.807) is 0 Å². The van der Waals surface area contributed by atoms with Crippen LogP contribution in [0.15, 0.2) is 0 Å². The lowest BCUT2D eigenvalue weighted by Crippen LogP contribution is -2.29. The third-order valence-electron chi connectivity index (χ3n) is 12.8. The van der Waals surface area contributed by atoms with Crippen LogP contribution in [0.1, 0.15) is 278 Å². The number of aliphatic hydroxyl groups is 1. The van der Waals surface area contributed by atoms with Gasteiger partial charge in [-0.25, -0.2) is 0 Å². The molecule has 0 aromatic rings. The summed E-state index contributed by atoms with van der Waals surface area (Å²) in [6.45, 7) is 15.8. The number of carbonyl (C=O) groups is 2. The van der Waals surface area contributed by atoms with Gasteiger partial charge in [0.25, 0.3) is 0 Å². The minimum atomic E-state index is -0.167. The quantitative estimate of drug-likeness (QED) is 0.0359. The first-order valence-corrected chi connectivity index (χ1v) is 29.1. The minimum Gasteiger partial charge on any atom is -0.466 e. The summed E-state index contributed by atoms with van der Waals surface area (Å²) < 4.78 is 35.7. The van der Waals surface area contributed by atoms with Gasteiger partial charge < -0.3 is 38.4 Å². The average molecular weight is 957 g/mol. The Labute approximate surface area is 415 Å². The maximum Gasteiger partial charge on any atom is 0.305 e. The van der Waals surface area contributed by atoms with Crippen molar-refractivity contribution in [3.05, 3.63) is 0 Å². The number of unbranched alkanes of at least 4 members (excludes halogenated alkanes) is 27. The zero-order valence-corrected chi connectivity index (χ0v) is 45.0. The van der Waals surface area contributed by atoms with Crippen LogP contribution in [0, 0.1) is 0 Å². The average Bonchev–Trinajstić information content (AvgIpc) is 3.33. The Morgan fingerprint density at radius 2 is 0.627 bits per heavy atom. The van der Waals surface area contributed by atoms with Gasteiger partial charge in [-0.3, -0.25) is 9.59 Å². The van der Waals surface area contributed by atoms with Crippen LogP contribution in [-0.4, -0.2) is 100 Å². The molecular formula is C57H113NO9. The number of hydrogen-bond acceptors (Lipinski definition) is 10. The molecule has 0 aromatic heterocycles. The van der Waals surface area contributed by atoms with Crippen molar-refractivity contribution in [3.63, 3.8) is 0 Å². The van der Waals surface area contributed by atoms with Crippen molar-refractivity contribution in [2.75, 3.05) is 65.9 Å². The van der Waals surface area contributed by atoms with Crippen molar-refractivity contribution in [2.24, 2.45) is 0 Å². The van der Waals surface area contributed by atoms with Crippen LogP contribution in [0.5, 0.6) is 0 Å². The molecule has 0 aliphatic carbocycles. The highest BCUT2D eigenvalue weighted by molar-refractivity contribution is 5.69. The van der Waals surface area contributed by atoms with Crippen LogP contribution in [0.2, 0.25) is 0 Å². The summed E-state index contributed by atoms with van der Waals surface area (Å²) in [6, 6.07) is 0. The molecule has 67 heavy (non-hydrogen) atoms. The van der Waals surface area contributed by atoms with Gasteiger partial charge in [-0.15, -0.1) is 0 Å². The van der Waals surface area contributed by atoms with E-state index in [9.17, 15) is 14.7 Å². The topological polar surface area (TPSA) is 113 Å². The van der Waals surface area contributed by atoms with Crippen molar-refractivity contribution in [2.45, 2.75) is 291 Å². The summed E-state index contributed by atoms with van der Waals surface area (Å²) in [5, 5.41) is 9.62. The van der Waals surface area contributed by atoms with E-state index < -0.39 is 0 Å². The Morgan fingerprint density at radius 3 is 0.940 bits per heavy atom. The molecule has 0 radical (unpaired) electrons. The summed E-state index contributed by atoms with van der Waals surface area (Å²) in [5.74, 6) is -0.198. The second-order valence-electron chi connectivity index (χ2n) is 19.4. The van der Waals surface area contributed by atoms with Crippen molar-refractivity contribution < 1.29 is 43.1 Å². The molecule has 1 N–H and O–H groups in total. The molecule has 0 heterocycles. The van der Waals surface area contributed by atoms with Crippen LogP contribution in [0.4, 0.5) is 0 Å². The smallest absolute Gasteiger partial charge is 0.305 e. The number of carbonyl (C=O) groups excluding carboxylic acids is 2. The molecule has 0 aliphatic rings. The number of hydrogen-bond donors (Lipinski definition) is 1. The van der Waals surface area contributed by atoms with Crippen LogP contribution >= 0.6 is 0 Å². The number of esters is 2. The second-order valence-corrected chi connectivity index (χ2v) is 19.4. The lowest BCUT2D eigenvalue weighted by atomic mass is 10.1. The summed E-state index contributed by atoms with van der Waals surface area (Å²) in [5.41, 5.74) is 0. The van der Waals surface area contributed by atoms with E-state index in [2.05, 4.69) is 32.6 Å². The van der Waals surface area contributed by atoms with Gasteiger partial charge >= 0.3 is 11.9 Å². The molecule has 0 rings (SSSR count). The molecular weight excluding hydrogens is 843 g/mol. The molecule has 400 valence electrons. The molecule has 0 saturated heterocycles. The lowest BCUT2D eigenvalue weighted by molar-refractivity contribution is -0.149. The van der Waals surface area contributed by atoms with Gasteiger partial charge in [0.2, 0.25) is 0 Å². The fraction of sp³-hybridized carbons (Fsp3) is 0.965. The molecule has 0 amide bonds. The van der Waals surface area contributed by atoms with E-state index in [1.807, 2.05) is 0 Å². The Kier molecular flexibility index (Phi) is 54.5. The number of rotatable bonds is 57. The maximum atomic E-state index is 12.4.